The van der Waals surface area contributed by atoms with E-state index in [0.29, 0.717) is 17.3 Å². The minimum atomic E-state index is 0.507. The Hall–Kier alpha value is -2.17. The third-order valence-corrected chi connectivity index (χ3v) is 1.67. The van der Waals surface area contributed by atoms with Gasteiger partial charge in [-0.05, 0) is 12.1 Å². The van der Waals surface area contributed by atoms with Gasteiger partial charge < -0.3 is 11.1 Å². The van der Waals surface area contributed by atoms with Crippen molar-refractivity contribution in [3.05, 3.63) is 36.9 Å². The van der Waals surface area contributed by atoms with Crippen molar-refractivity contribution in [1.82, 2.24) is 15.0 Å². The maximum Gasteiger partial charge on any atom is 0.227 e. The number of pyridine rings is 1. The summed E-state index contributed by atoms with van der Waals surface area (Å²) in [7, 11) is 0. The van der Waals surface area contributed by atoms with Crippen LogP contribution in [-0.2, 0) is 0 Å². The van der Waals surface area contributed by atoms with Crippen molar-refractivity contribution in [3.8, 4) is 0 Å². The van der Waals surface area contributed by atoms with Gasteiger partial charge in [0.1, 0.15) is 0 Å². The second-order valence-corrected chi connectivity index (χ2v) is 2.66. The average Bonchev–Trinajstić information content (AvgIpc) is 2.23. The minimum Gasteiger partial charge on any atom is -0.397 e. The number of rotatable bonds is 2. The lowest BCUT2D eigenvalue weighted by Crippen LogP contribution is -1.99. The summed E-state index contributed by atoms with van der Waals surface area (Å²) in [5.74, 6) is 0.507. The molecule has 0 atom stereocenters. The van der Waals surface area contributed by atoms with Gasteiger partial charge in [0.25, 0.3) is 0 Å². The fourth-order valence-electron chi connectivity index (χ4n) is 0.994. The minimum absolute atomic E-state index is 0.507. The average molecular weight is 187 g/mol. The molecule has 2 aromatic rings. The van der Waals surface area contributed by atoms with Gasteiger partial charge in [0.2, 0.25) is 5.95 Å². The molecule has 0 aliphatic carbocycles. The first kappa shape index (κ1) is 8.43. The highest BCUT2D eigenvalue weighted by Crippen LogP contribution is 2.17. The number of nitrogens with two attached hydrogens (primary N) is 1. The van der Waals surface area contributed by atoms with Crippen molar-refractivity contribution in [2.45, 2.75) is 0 Å². The lowest BCUT2D eigenvalue weighted by molar-refractivity contribution is 1.16. The molecule has 2 aromatic heterocycles. The molecule has 0 aliphatic rings. The third kappa shape index (κ3) is 1.77. The molecule has 0 amide bonds. The van der Waals surface area contributed by atoms with Gasteiger partial charge in [-0.3, -0.25) is 4.98 Å². The molecule has 0 aliphatic heterocycles. The van der Waals surface area contributed by atoms with Gasteiger partial charge in [-0.15, -0.1) is 0 Å². The first-order chi connectivity index (χ1) is 6.86. The van der Waals surface area contributed by atoms with Crippen LogP contribution in [0.4, 0.5) is 17.3 Å². The molecule has 0 radical (unpaired) electrons. The van der Waals surface area contributed by atoms with Crippen LogP contribution in [0.1, 0.15) is 0 Å². The van der Waals surface area contributed by atoms with Crippen molar-refractivity contribution in [3.63, 3.8) is 0 Å². The standard InChI is InChI=1S/C9H9N5/c10-7-2-5-11-6-8(7)14-9-12-3-1-4-13-9/h1-6H,(H2,10,11)(H,12,13,14). The second kappa shape index (κ2) is 3.69. The van der Waals surface area contributed by atoms with Gasteiger partial charge in [0, 0.05) is 18.6 Å². The van der Waals surface area contributed by atoms with Crippen LogP contribution in [0.25, 0.3) is 0 Å². The van der Waals surface area contributed by atoms with Crippen LogP contribution < -0.4 is 11.1 Å². The van der Waals surface area contributed by atoms with Gasteiger partial charge in [0.15, 0.2) is 0 Å². The Morgan fingerprint density at radius 3 is 2.64 bits per heavy atom. The highest BCUT2D eigenvalue weighted by molar-refractivity contribution is 5.68. The Morgan fingerprint density at radius 2 is 1.93 bits per heavy atom. The first-order valence-electron chi connectivity index (χ1n) is 4.10. The third-order valence-electron chi connectivity index (χ3n) is 1.67. The molecule has 70 valence electrons. The number of nitrogens with zero attached hydrogens (tertiary/aromatic N) is 3. The van der Waals surface area contributed by atoms with E-state index in [4.69, 9.17) is 5.73 Å². The molecule has 0 bridgehead atoms. The molecule has 0 saturated heterocycles. The molecule has 14 heavy (non-hydrogen) atoms. The number of hydrogen-bond acceptors (Lipinski definition) is 5. The van der Waals surface area contributed by atoms with E-state index >= 15 is 0 Å². The molecular formula is C9H9N5. The molecule has 3 N–H and O–H groups in total. The number of aromatic nitrogens is 3. The summed E-state index contributed by atoms with van der Waals surface area (Å²) in [4.78, 5) is 12.0. The topological polar surface area (TPSA) is 76.7 Å². The number of nitrogen functional groups attached to an aromatic ring is 1. The molecule has 5 heteroatoms. The molecule has 5 nitrogen and oxygen atoms in total. The van der Waals surface area contributed by atoms with Crippen LogP contribution in [0.15, 0.2) is 36.9 Å². The van der Waals surface area contributed by atoms with E-state index in [1.807, 2.05) is 0 Å². The van der Waals surface area contributed by atoms with Gasteiger partial charge in [0.05, 0.1) is 17.6 Å². The highest BCUT2D eigenvalue weighted by Gasteiger charge is 1.99. The van der Waals surface area contributed by atoms with Gasteiger partial charge in [-0.1, -0.05) is 0 Å². The van der Waals surface area contributed by atoms with E-state index < -0.39 is 0 Å². The summed E-state index contributed by atoms with van der Waals surface area (Å²) in [6.45, 7) is 0. The molecule has 2 heterocycles. The van der Waals surface area contributed by atoms with E-state index in [0.717, 1.165) is 0 Å². The fourth-order valence-corrected chi connectivity index (χ4v) is 0.994. The SMILES string of the molecule is Nc1ccncc1Nc1ncccn1. The molecule has 2 rings (SSSR count). The van der Waals surface area contributed by atoms with E-state index in [1.54, 1.807) is 36.9 Å². The lowest BCUT2D eigenvalue weighted by atomic mass is 10.3. The smallest absolute Gasteiger partial charge is 0.227 e. The monoisotopic (exact) mass is 187 g/mol. The van der Waals surface area contributed by atoms with Crippen LogP contribution in [0, 0.1) is 0 Å². The van der Waals surface area contributed by atoms with Crippen molar-refractivity contribution >= 4 is 17.3 Å². The summed E-state index contributed by atoms with van der Waals surface area (Å²) in [6, 6.07) is 3.46. The predicted molar refractivity (Wildman–Crippen MR) is 54.0 cm³/mol. The molecule has 0 saturated carbocycles. The second-order valence-electron chi connectivity index (χ2n) is 2.66. The Kier molecular flexibility index (Phi) is 2.22. The quantitative estimate of drug-likeness (QED) is 0.738. The Balaban J connectivity index is 2.24. The highest BCUT2D eigenvalue weighted by atomic mass is 15.1. The van der Waals surface area contributed by atoms with Gasteiger partial charge in [-0.2, -0.15) is 0 Å². The maximum atomic E-state index is 5.71. The van der Waals surface area contributed by atoms with Crippen LogP contribution in [0.5, 0.6) is 0 Å². The summed E-state index contributed by atoms with van der Waals surface area (Å²) in [6.07, 6.45) is 6.57. The number of hydrogen-bond donors (Lipinski definition) is 2. The van der Waals surface area contributed by atoms with Crippen LogP contribution >= 0.6 is 0 Å². The van der Waals surface area contributed by atoms with Crippen molar-refractivity contribution in [2.24, 2.45) is 0 Å². The fraction of sp³-hybridized carbons (Fsp3) is 0. The summed E-state index contributed by atoms with van der Waals surface area (Å²) >= 11 is 0. The van der Waals surface area contributed by atoms with Gasteiger partial charge in [-0.25, -0.2) is 9.97 Å². The predicted octanol–water partition coefficient (Wildman–Crippen LogP) is 1.20. The zero-order valence-corrected chi connectivity index (χ0v) is 7.38. The normalized spacial score (nSPS) is 9.71. The lowest BCUT2D eigenvalue weighted by Gasteiger charge is -2.05. The zero-order valence-electron chi connectivity index (χ0n) is 7.38. The summed E-state index contributed by atoms with van der Waals surface area (Å²) in [5.41, 5.74) is 7.04. The maximum absolute atomic E-state index is 5.71. The van der Waals surface area contributed by atoms with Crippen molar-refractivity contribution in [1.29, 1.82) is 0 Å². The zero-order chi connectivity index (χ0) is 9.80. The molecule has 0 spiro atoms. The van der Waals surface area contributed by atoms with Crippen LogP contribution in [-0.4, -0.2) is 15.0 Å². The Morgan fingerprint density at radius 1 is 1.14 bits per heavy atom. The largest absolute Gasteiger partial charge is 0.397 e. The molecule has 0 fully saturated rings. The van der Waals surface area contributed by atoms with Crippen LogP contribution in [0.3, 0.4) is 0 Å². The summed E-state index contributed by atoms with van der Waals surface area (Å²) < 4.78 is 0. The number of nitrogens with one attached hydrogen (secondary N) is 1. The van der Waals surface area contributed by atoms with Gasteiger partial charge >= 0.3 is 0 Å². The number of anilines is 3. The van der Waals surface area contributed by atoms with E-state index in [9.17, 15) is 0 Å². The molecule has 0 unspecified atom stereocenters. The van der Waals surface area contributed by atoms with E-state index in [1.165, 1.54) is 0 Å². The summed E-state index contributed by atoms with van der Waals surface area (Å²) in [5, 5.41) is 2.96. The molecule has 0 aromatic carbocycles. The Bertz CT molecular complexity index is 415. The van der Waals surface area contributed by atoms with E-state index in [-0.39, 0.29) is 0 Å². The van der Waals surface area contributed by atoms with Crippen LogP contribution in [0.2, 0.25) is 0 Å². The molecular weight excluding hydrogens is 178 g/mol. The van der Waals surface area contributed by atoms with Crippen molar-refractivity contribution in [2.75, 3.05) is 11.1 Å². The Labute approximate surface area is 81.0 Å². The first-order valence-corrected chi connectivity index (χ1v) is 4.10. The van der Waals surface area contributed by atoms with Crippen molar-refractivity contribution < 1.29 is 0 Å². The van der Waals surface area contributed by atoms with E-state index in [2.05, 4.69) is 20.3 Å².